The van der Waals surface area contributed by atoms with Gasteiger partial charge in [0.15, 0.2) is 11.5 Å². The highest BCUT2D eigenvalue weighted by atomic mass is 16.7. The van der Waals surface area contributed by atoms with Gasteiger partial charge >= 0.3 is 6.03 Å². The number of ether oxygens (including phenoxy) is 2. The van der Waals surface area contributed by atoms with E-state index in [0.29, 0.717) is 13.1 Å². The number of nitrogens with one attached hydrogen (secondary N) is 1. The first-order valence-electron chi connectivity index (χ1n) is 8.27. The zero-order valence-electron chi connectivity index (χ0n) is 14.6. The van der Waals surface area contributed by atoms with Gasteiger partial charge in [0.1, 0.15) is 0 Å². The van der Waals surface area contributed by atoms with Gasteiger partial charge in [0, 0.05) is 39.4 Å². The maximum atomic E-state index is 12.2. The Labute approximate surface area is 147 Å². The van der Waals surface area contributed by atoms with E-state index in [0.717, 1.165) is 29.3 Å². The second-order valence-electron chi connectivity index (χ2n) is 6.03. The fraction of sp³-hybridized carbons (Fsp3) is 0.316. The van der Waals surface area contributed by atoms with Crippen molar-refractivity contribution in [3.8, 4) is 11.5 Å². The molecule has 6 nitrogen and oxygen atoms in total. The fourth-order valence-electron chi connectivity index (χ4n) is 2.66. The summed E-state index contributed by atoms with van der Waals surface area (Å²) in [6, 6.07) is 15.7. The highest BCUT2D eigenvalue weighted by Crippen LogP contribution is 2.32. The smallest absolute Gasteiger partial charge is 0.317 e. The molecule has 0 aromatic heterocycles. The van der Waals surface area contributed by atoms with Gasteiger partial charge < -0.3 is 24.6 Å². The number of fused-ring (bicyclic) bond motifs is 1. The van der Waals surface area contributed by atoms with Crippen molar-refractivity contribution in [3.63, 3.8) is 0 Å². The molecule has 0 saturated carbocycles. The molecule has 0 spiro atoms. The topological polar surface area (TPSA) is 54.0 Å². The van der Waals surface area contributed by atoms with Crippen molar-refractivity contribution in [2.45, 2.75) is 6.54 Å². The summed E-state index contributed by atoms with van der Waals surface area (Å²) in [5.74, 6) is 1.48. The highest BCUT2D eigenvalue weighted by molar-refractivity contribution is 5.73. The quantitative estimate of drug-likeness (QED) is 0.878. The molecule has 1 heterocycles. The third-order valence-corrected chi connectivity index (χ3v) is 4.12. The summed E-state index contributed by atoms with van der Waals surface area (Å²) < 4.78 is 10.7. The van der Waals surface area contributed by atoms with Crippen LogP contribution < -0.4 is 19.7 Å². The lowest BCUT2D eigenvalue weighted by Crippen LogP contribution is -2.40. The van der Waals surface area contributed by atoms with Crippen molar-refractivity contribution in [1.29, 1.82) is 0 Å². The fourth-order valence-corrected chi connectivity index (χ4v) is 2.66. The highest BCUT2D eigenvalue weighted by Gasteiger charge is 2.15. The number of carbonyl (C=O) groups is 1. The van der Waals surface area contributed by atoms with Crippen LogP contribution in [0.25, 0.3) is 0 Å². The normalized spacial score (nSPS) is 11.9. The Morgan fingerprint density at radius 1 is 1.08 bits per heavy atom. The Bertz CT molecular complexity index is 721. The molecule has 1 N–H and O–H groups in total. The minimum absolute atomic E-state index is 0.0980. The number of hydrogen-bond acceptors (Lipinski definition) is 4. The number of nitrogens with zero attached hydrogens (tertiary/aromatic N) is 2. The van der Waals surface area contributed by atoms with Gasteiger partial charge in [-0.2, -0.15) is 0 Å². The predicted molar refractivity (Wildman–Crippen MR) is 97.1 cm³/mol. The van der Waals surface area contributed by atoms with Crippen LogP contribution in [0, 0.1) is 0 Å². The molecule has 0 radical (unpaired) electrons. The second-order valence-corrected chi connectivity index (χ2v) is 6.03. The van der Waals surface area contributed by atoms with E-state index in [1.807, 2.05) is 55.6 Å². The molecule has 0 atom stereocenters. The number of hydrogen-bond donors (Lipinski definition) is 1. The first-order valence-corrected chi connectivity index (χ1v) is 8.27. The lowest BCUT2D eigenvalue weighted by Gasteiger charge is -2.22. The van der Waals surface area contributed by atoms with E-state index < -0.39 is 0 Å². The Kier molecular flexibility index (Phi) is 5.28. The third-order valence-electron chi connectivity index (χ3n) is 4.12. The van der Waals surface area contributed by atoms with Crippen LogP contribution >= 0.6 is 0 Å². The molecular formula is C19H23N3O3. The summed E-state index contributed by atoms with van der Waals surface area (Å²) in [6.07, 6.45) is 0. The minimum Gasteiger partial charge on any atom is -0.454 e. The van der Waals surface area contributed by atoms with Crippen molar-refractivity contribution in [2.75, 3.05) is 38.9 Å². The number of para-hydroxylation sites is 1. The number of likely N-dealkylation sites (N-methyl/N-ethyl adjacent to an activating group) is 1. The molecule has 0 unspecified atom stereocenters. The average Bonchev–Trinajstić information content (AvgIpc) is 3.10. The minimum atomic E-state index is -0.0980. The molecule has 2 aromatic carbocycles. The Morgan fingerprint density at radius 3 is 2.64 bits per heavy atom. The molecule has 0 fully saturated rings. The number of benzene rings is 2. The van der Waals surface area contributed by atoms with Crippen molar-refractivity contribution in [3.05, 3.63) is 54.1 Å². The van der Waals surface area contributed by atoms with Crippen LogP contribution in [0.5, 0.6) is 11.5 Å². The number of amides is 2. The van der Waals surface area contributed by atoms with E-state index in [-0.39, 0.29) is 12.8 Å². The number of urea groups is 1. The molecule has 6 heteroatoms. The summed E-state index contributed by atoms with van der Waals surface area (Å²) in [5, 5.41) is 2.95. The summed E-state index contributed by atoms with van der Waals surface area (Å²) in [4.78, 5) is 16.0. The Balaban J connectivity index is 1.45. The van der Waals surface area contributed by atoms with Crippen LogP contribution in [0.2, 0.25) is 0 Å². The van der Waals surface area contributed by atoms with E-state index >= 15 is 0 Å². The molecule has 3 rings (SSSR count). The molecule has 2 aromatic rings. The molecule has 1 aliphatic rings. The summed E-state index contributed by atoms with van der Waals surface area (Å²) in [7, 11) is 3.79. The maximum Gasteiger partial charge on any atom is 0.317 e. The molecule has 25 heavy (non-hydrogen) atoms. The molecule has 1 aliphatic heterocycles. The van der Waals surface area contributed by atoms with Gasteiger partial charge in [-0.1, -0.05) is 24.3 Å². The van der Waals surface area contributed by atoms with Crippen molar-refractivity contribution >= 4 is 11.7 Å². The monoisotopic (exact) mass is 341 g/mol. The summed E-state index contributed by atoms with van der Waals surface area (Å²) in [6.45, 7) is 2.09. The van der Waals surface area contributed by atoms with Crippen molar-refractivity contribution < 1.29 is 14.3 Å². The standard InChI is InChI=1S/C19H23N3O3/c1-21(16-6-4-3-5-7-16)11-10-20-19(23)22(2)13-15-8-9-17-18(12-15)25-14-24-17/h3-9,12H,10-11,13-14H2,1-2H3,(H,20,23). The van der Waals surface area contributed by atoms with Crippen molar-refractivity contribution in [1.82, 2.24) is 10.2 Å². The predicted octanol–water partition coefficient (Wildman–Crippen LogP) is 2.69. The lowest BCUT2D eigenvalue weighted by molar-refractivity contribution is 0.174. The van der Waals surface area contributed by atoms with Crippen LogP contribution in [0.4, 0.5) is 10.5 Å². The van der Waals surface area contributed by atoms with Gasteiger partial charge in [-0.05, 0) is 29.8 Å². The molecular weight excluding hydrogens is 318 g/mol. The van der Waals surface area contributed by atoms with E-state index in [1.54, 1.807) is 11.9 Å². The average molecular weight is 341 g/mol. The molecule has 0 saturated heterocycles. The van der Waals surface area contributed by atoms with Gasteiger partial charge in [-0.15, -0.1) is 0 Å². The number of carbonyl (C=O) groups excluding carboxylic acids is 1. The van der Waals surface area contributed by atoms with E-state index in [4.69, 9.17) is 9.47 Å². The Hall–Kier alpha value is -2.89. The van der Waals surface area contributed by atoms with Crippen LogP contribution in [-0.4, -0.2) is 44.9 Å². The van der Waals surface area contributed by atoms with E-state index in [2.05, 4.69) is 10.2 Å². The third kappa shape index (κ3) is 4.35. The SMILES string of the molecule is CN(Cc1ccc2c(c1)OCO2)C(=O)NCCN(C)c1ccccc1. The molecule has 0 aliphatic carbocycles. The van der Waals surface area contributed by atoms with Gasteiger partial charge in [-0.25, -0.2) is 4.79 Å². The van der Waals surface area contributed by atoms with E-state index in [9.17, 15) is 4.79 Å². The van der Waals surface area contributed by atoms with Gasteiger partial charge in [0.05, 0.1) is 0 Å². The lowest BCUT2D eigenvalue weighted by atomic mass is 10.2. The second kappa shape index (κ2) is 7.79. The first kappa shape index (κ1) is 17.0. The molecule has 0 bridgehead atoms. The zero-order chi connectivity index (χ0) is 17.6. The molecule has 2 amide bonds. The van der Waals surface area contributed by atoms with Crippen LogP contribution in [-0.2, 0) is 6.54 Å². The van der Waals surface area contributed by atoms with Gasteiger partial charge in [-0.3, -0.25) is 0 Å². The van der Waals surface area contributed by atoms with E-state index in [1.165, 1.54) is 0 Å². The maximum absolute atomic E-state index is 12.2. The van der Waals surface area contributed by atoms with Gasteiger partial charge in [0.2, 0.25) is 6.79 Å². The van der Waals surface area contributed by atoms with Gasteiger partial charge in [0.25, 0.3) is 0 Å². The zero-order valence-corrected chi connectivity index (χ0v) is 14.6. The van der Waals surface area contributed by atoms with Crippen LogP contribution in [0.1, 0.15) is 5.56 Å². The number of anilines is 1. The first-order chi connectivity index (χ1) is 12.1. The Morgan fingerprint density at radius 2 is 1.84 bits per heavy atom. The summed E-state index contributed by atoms with van der Waals surface area (Å²) in [5.41, 5.74) is 2.13. The largest absolute Gasteiger partial charge is 0.454 e. The van der Waals surface area contributed by atoms with Crippen molar-refractivity contribution in [2.24, 2.45) is 0 Å². The number of rotatable bonds is 6. The molecule has 132 valence electrons. The summed E-state index contributed by atoms with van der Waals surface area (Å²) >= 11 is 0. The van der Waals surface area contributed by atoms with Crippen LogP contribution in [0.3, 0.4) is 0 Å². The van der Waals surface area contributed by atoms with Crippen LogP contribution in [0.15, 0.2) is 48.5 Å².